The van der Waals surface area contributed by atoms with Gasteiger partial charge in [-0.15, -0.1) is 0 Å². The maximum absolute atomic E-state index is 11.9. The fraction of sp³-hybridized carbons (Fsp3) is 0.786. The summed E-state index contributed by atoms with van der Waals surface area (Å²) >= 11 is 0. The van der Waals surface area contributed by atoms with Gasteiger partial charge in [0.25, 0.3) is 0 Å². The Hall–Kier alpha value is -0.0825. The van der Waals surface area contributed by atoms with E-state index < -0.39 is 35.2 Å². The number of Topliss-reactive ketones (excluding diaryl/α,β-unsaturated/α-hetero) is 1. The van der Waals surface area contributed by atoms with Gasteiger partial charge in [0.15, 0.2) is 0 Å². The van der Waals surface area contributed by atoms with Crippen LogP contribution in [0.25, 0.3) is 0 Å². The molecule has 0 radical (unpaired) electrons. The van der Waals surface area contributed by atoms with E-state index in [1.165, 1.54) is 0 Å². The van der Waals surface area contributed by atoms with Crippen LogP contribution >= 0.6 is 0 Å². The molecule has 2 unspecified atom stereocenters. The van der Waals surface area contributed by atoms with Gasteiger partial charge in [-0.2, -0.15) is 0 Å². The Morgan fingerprint density at radius 3 is 1.71 bits per heavy atom. The molecule has 2 atom stereocenters. The van der Waals surface area contributed by atoms with Crippen LogP contribution in [0.5, 0.6) is 0 Å². The van der Waals surface area contributed by atoms with Crippen LogP contribution in [0.3, 0.4) is 0 Å². The van der Waals surface area contributed by atoms with Crippen molar-refractivity contribution in [2.75, 3.05) is 0 Å². The summed E-state index contributed by atoms with van der Waals surface area (Å²) in [6, 6.07) is -0.0851. The van der Waals surface area contributed by atoms with Crippen molar-refractivity contribution < 1.29 is 45.9 Å². The molecule has 0 amide bonds. The fourth-order valence-electron chi connectivity index (χ4n) is 3.26. The number of rotatable bonds is 10. The summed E-state index contributed by atoms with van der Waals surface area (Å²) in [7, 11) is -17.0. The third-order valence-corrected chi connectivity index (χ3v) is 13.4. The van der Waals surface area contributed by atoms with E-state index in [4.69, 9.17) is 12.3 Å². The minimum atomic E-state index is -4.26. The summed E-state index contributed by atoms with van der Waals surface area (Å²) in [6.45, 7) is 6.73. The summed E-state index contributed by atoms with van der Waals surface area (Å²) in [6.07, 6.45) is 3.35. The van der Waals surface area contributed by atoms with Gasteiger partial charge in [-0.1, -0.05) is 25.5 Å². The van der Waals surface area contributed by atoms with Crippen LogP contribution in [0.2, 0.25) is 25.7 Å². The lowest BCUT2D eigenvalue weighted by Crippen LogP contribution is -2.64. The SMILES string of the molecule is CC1C=C(CCC[Si](O[Si](C)(O)O)(O[Si](C)(O)O)O[Si](C)(O)O)CC(C)C1=O. The molecule has 0 aromatic heterocycles. The van der Waals surface area contributed by atoms with E-state index in [0.717, 1.165) is 25.2 Å². The van der Waals surface area contributed by atoms with Gasteiger partial charge in [0.1, 0.15) is 5.78 Å². The third kappa shape index (κ3) is 9.61. The highest BCUT2D eigenvalue weighted by Crippen LogP contribution is 2.31. The van der Waals surface area contributed by atoms with Crippen molar-refractivity contribution >= 4 is 41.0 Å². The predicted octanol–water partition coefficient (Wildman–Crippen LogP) is -0.413. The van der Waals surface area contributed by atoms with Crippen LogP contribution < -0.4 is 0 Å². The van der Waals surface area contributed by atoms with Gasteiger partial charge < -0.3 is 41.1 Å². The lowest BCUT2D eigenvalue weighted by atomic mass is 9.82. The van der Waals surface area contributed by atoms with Gasteiger partial charge in [0, 0.05) is 37.5 Å². The van der Waals surface area contributed by atoms with E-state index in [0.29, 0.717) is 19.3 Å². The highest BCUT2D eigenvalue weighted by atomic mass is 28.5. The molecule has 0 fully saturated rings. The standard InChI is InChI=1S/C14H32O10Si4/c1-11-9-13(10-12(2)14(11)15)7-6-8-28(22-25(3,16)17,23-26(4,18)19)24-27(5,20)21/h9,11-12,16-21H,6-8,10H2,1-5H3. The average molecular weight is 473 g/mol. The van der Waals surface area contributed by atoms with Crippen LogP contribution in [0.4, 0.5) is 0 Å². The summed E-state index contributed by atoms with van der Waals surface area (Å²) in [4.78, 5) is 70.7. The van der Waals surface area contributed by atoms with Crippen molar-refractivity contribution in [3.05, 3.63) is 11.6 Å². The van der Waals surface area contributed by atoms with Gasteiger partial charge in [0.2, 0.25) is 0 Å². The zero-order valence-corrected chi connectivity index (χ0v) is 20.9. The predicted molar refractivity (Wildman–Crippen MR) is 107 cm³/mol. The van der Waals surface area contributed by atoms with Crippen LogP contribution in [0, 0.1) is 11.8 Å². The fourth-order valence-corrected chi connectivity index (χ4v) is 13.8. The quantitative estimate of drug-likeness (QED) is 0.182. The second-order valence-electron chi connectivity index (χ2n) is 7.77. The lowest BCUT2D eigenvalue weighted by Gasteiger charge is -2.37. The first-order chi connectivity index (χ1) is 12.4. The molecule has 0 saturated heterocycles. The van der Waals surface area contributed by atoms with E-state index in [2.05, 4.69) is 0 Å². The first-order valence-corrected chi connectivity index (χ1v) is 17.9. The topological polar surface area (TPSA) is 166 Å². The Labute approximate surface area is 169 Å². The molecule has 0 heterocycles. The number of ketones is 1. The maximum atomic E-state index is 11.9. The Morgan fingerprint density at radius 2 is 1.36 bits per heavy atom. The zero-order chi connectivity index (χ0) is 22.0. The third-order valence-electron chi connectivity index (χ3n) is 4.02. The van der Waals surface area contributed by atoms with E-state index in [1.807, 2.05) is 19.9 Å². The summed E-state index contributed by atoms with van der Waals surface area (Å²) in [5.74, 6) is -0.108. The highest BCUT2D eigenvalue weighted by molar-refractivity contribution is 6.83. The van der Waals surface area contributed by atoms with Crippen molar-refractivity contribution in [1.82, 2.24) is 0 Å². The van der Waals surface area contributed by atoms with Crippen molar-refractivity contribution in [1.29, 1.82) is 0 Å². The lowest BCUT2D eigenvalue weighted by molar-refractivity contribution is -0.125. The van der Waals surface area contributed by atoms with Crippen LogP contribution in [0.15, 0.2) is 11.6 Å². The Balaban J connectivity index is 3.00. The number of carbonyl (C=O) groups is 1. The monoisotopic (exact) mass is 472 g/mol. The molecular weight excluding hydrogens is 440 g/mol. The first-order valence-electron chi connectivity index (χ1n) is 9.09. The van der Waals surface area contributed by atoms with E-state index >= 15 is 0 Å². The second kappa shape index (κ2) is 9.37. The zero-order valence-electron chi connectivity index (χ0n) is 16.9. The van der Waals surface area contributed by atoms with Gasteiger partial charge in [-0.05, 0) is 19.3 Å². The van der Waals surface area contributed by atoms with Crippen molar-refractivity contribution in [3.8, 4) is 0 Å². The van der Waals surface area contributed by atoms with Crippen molar-refractivity contribution in [2.24, 2.45) is 11.8 Å². The maximum Gasteiger partial charge on any atom is 0.484 e. The van der Waals surface area contributed by atoms with Gasteiger partial charge in [0.05, 0.1) is 0 Å². The summed E-state index contributed by atoms with van der Waals surface area (Å²) < 4.78 is 15.7. The number of hydrogen-bond donors (Lipinski definition) is 6. The molecule has 0 saturated carbocycles. The normalized spacial score (nSPS) is 22.4. The molecule has 0 aliphatic heterocycles. The second-order valence-corrected chi connectivity index (χ2v) is 17.7. The highest BCUT2D eigenvalue weighted by Gasteiger charge is 2.56. The molecule has 1 rings (SSSR count). The van der Waals surface area contributed by atoms with E-state index in [9.17, 15) is 33.6 Å². The van der Waals surface area contributed by atoms with E-state index in [1.54, 1.807) is 0 Å². The number of hydrogen-bond acceptors (Lipinski definition) is 10. The minimum Gasteiger partial charge on any atom is -0.390 e. The molecule has 1 aliphatic carbocycles. The van der Waals surface area contributed by atoms with Crippen molar-refractivity contribution in [3.63, 3.8) is 0 Å². The van der Waals surface area contributed by atoms with E-state index in [-0.39, 0.29) is 23.7 Å². The first kappa shape index (κ1) is 26.0. The van der Waals surface area contributed by atoms with Crippen LogP contribution in [-0.4, -0.2) is 69.8 Å². The number of allylic oxidation sites excluding steroid dienone is 2. The molecule has 1 aliphatic rings. The van der Waals surface area contributed by atoms with Gasteiger partial charge in [-0.25, -0.2) is 0 Å². The minimum absolute atomic E-state index is 0.0851. The largest absolute Gasteiger partial charge is 0.484 e. The number of carbonyl (C=O) groups excluding carboxylic acids is 1. The van der Waals surface area contributed by atoms with Crippen LogP contribution in [-0.2, 0) is 17.1 Å². The van der Waals surface area contributed by atoms with Gasteiger partial charge in [-0.3, -0.25) is 4.79 Å². The molecular formula is C14H32O10Si4. The molecule has 14 heteroatoms. The Kier molecular flexibility index (Phi) is 8.69. The Morgan fingerprint density at radius 1 is 0.929 bits per heavy atom. The molecule has 164 valence electrons. The molecule has 6 N–H and O–H groups in total. The molecule has 0 aromatic rings. The molecule has 0 bridgehead atoms. The smallest absolute Gasteiger partial charge is 0.390 e. The van der Waals surface area contributed by atoms with Crippen molar-refractivity contribution in [2.45, 2.75) is 58.8 Å². The molecule has 28 heavy (non-hydrogen) atoms. The molecule has 0 aromatic carbocycles. The average Bonchev–Trinajstić information content (AvgIpc) is 2.38. The summed E-state index contributed by atoms with van der Waals surface area (Å²) in [5.41, 5.74) is 1.04. The Bertz CT molecular complexity index is 537. The molecule has 0 spiro atoms. The van der Waals surface area contributed by atoms with Gasteiger partial charge >= 0.3 is 35.2 Å². The summed E-state index contributed by atoms with van der Waals surface area (Å²) in [5, 5.41) is 0. The van der Waals surface area contributed by atoms with Crippen LogP contribution in [0.1, 0.15) is 33.1 Å². The molecule has 10 nitrogen and oxygen atoms in total.